The van der Waals surface area contributed by atoms with Crippen molar-refractivity contribution in [2.45, 2.75) is 40.0 Å². The molecule has 2 N–H and O–H groups in total. The van der Waals surface area contributed by atoms with Crippen LogP contribution in [-0.4, -0.2) is 5.71 Å². The molecule has 0 aliphatic carbocycles. The van der Waals surface area contributed by atoms with Gasteiger partial charge in [0.1, 0.15) is 0 Å². The van der Waals surface area contributed by atoms with Gasteiger partial charge in [-0.1, -0.05) is 26.7 Å². The molecule has 1 unspecified atom stereocenters. The molecule has 0 spiro atoms. The maximum absolute atomic E-state index is 5.10. The van der Waals surface area contributed by atoms with E-state index in [4.69, 9.17) is 5.84 Å². The molecule has 0 rings (SSSR count). The molecule has 60 valence electrons. The Bertz CT molecular complexity index is 108. The molecule has 0 aromatic heterocycles. The summed E-state index contributed by atoms with van der Waals surface area (Å²) in [7, 11) is 0. The Kier molecular flexibility index (Phi) is 4.99. The fourth-order valence-electron chi connectivity index (χ4n) is 1.15. The van der Waals surface area contributed by atoms with Gasteiger partial charge in [0.15, 0.2) is 0 Å². The van der Waals surface area contributed by atoms with E-state index >= 15 is 0 Å². The summed E-state index contributed by atoms with van der Waals surface area (Å²) in [6.07, 6.45) is 3.57. The van der Waals surface area contributed by atoms with E-state index < -0.39 is 0 Å². The van der Waals surface area contributed by atoms with Gasteiger partial charge in [0.2, 0.25) is 0 Å². The summed E-state index contributed by atoms with van der Waals surface area (Å²) < 4.78 is 0. The monoisotopic (exact) mass is 142 g/mol. The number of hydrazone groups is 1. The van der Waals surface area contributed by atoms with E-state index in [0.717, 1.165) is 18.1 Å². The molecule has 10 heavy (non-hydrogen) atoms. The zero-order valence-corrected chi connectivity index (χ0v) is 7.22. The molecule has 2 heteroatoms. The average Bonchev–Trinajstić information content (AvgIpc) is 1.88. The van der Waals surface area contributed by atoms with Crippen LogP contribution in [0.3, 0.4) is 0 Å². The summed E-state index contributed by atoms with van der Waals surface area (Å²) >= 11 is 0. The van der Waals surface area contributed by atoms with Crippen molar-refractivity contribution < 1.29 is 0 Å². The van der Waals surface area contributed by atoms with Gasteiger partial charge in [0, 0.05) is 5.71 Å². The first-order valence-electron chi connectivity index (χ1n) is 3.94. The fourth-order valence-corrected chi connectivity index (χ4v) is 1.15. The lowest BCUT2D eigenvalue weighted by molar-refractivity contribution is 0.543. The molecule has 0 saturated heterocycles. The van der Waals surface area contributed by atoms with Crippen molar-refractivity contribution in [2.24, 2.45) is 16.9 Å². The number of hydrogen-bond acceptors (Lipinski definition) is 2. The normalized spacial score (nSPS) is 15.3. The molecule has 0 aromatic carbocycles. The quantitative estimate of drug-likeness (QED) is 0.364. The molecular weight excluding hydrogens is 124 g/mol. The Hall–Kier alpha value is -0.530. The number of rotatable bonds is 4. The van der Waals surface area contributed by atoms with E-state index in [-0.39, 0.29) is 0 Å². The molecule has 0 bridgehead atoms. The van der Waals surface area contributed by atoms with E-state index in [1.807, 2.05) is 6.92 Å². The molecule has 0 radical (unpaired) electrons. The van der Waals surface area contributed by atoms with Crippen molar-refractivity contribution in [3.05, 3.63) is 0 Å². The van der Waals surface area contributed by atoms with Crippen molar-refractivity contribution in [3.8, 4) is 0 Å². The molecule has 0 aliphatic rings. The van der Waals surface area contributed by atoms with Crippen LogP contribution < -0.4 is 5.84 Å². The van der Waals surface area contributed by atoms with Crippen molar-refractivity contribution in [1.29, 1.82) is 0 Å². The summed E-state index contributed by atoms with van der Waals surface area (Å²) in [5, 5.41) is 3.63. The van der Waals surface area contributed by atoms with Crippen molar-refractivity contribution >= 4 is 5.71 Å². The third-order valence-electron chi connectivity index (χ3n) is 1.65. The maximum atomic E-state index is 5.10. The van der Waals surface area contributed by atoms with Gasteiger partial charge in [-0.15, -0.1) is 0 Å². The van der Waals surface area contributed by atoms with Crippen LogP contribution in [0.2, 0.25) is 0 Å². The molecule has 0 heterocycles. The lowest BCUT2D eigenvalue weighted by atomic mass is 10.00. The highest BCUT2D eigenvalue weighted by Crippen LogP contribution is 2.09. The van der Waals surface area contributed by atoms with Crippen LogP contribution >= 0.6 is 0 Å². The first-order chi connectivity index (χ1) is 4.70. The molecule has 0 aromatic rings. The maximum Gasteiger partial charge on any atom is 0.0347 e. The smallest absolute Gasteiger partial charge is 0.0347 e. The van der Waals surface area contributed by atoms with E-state index in [2.05, 4.69) is 18.9 Å². The Morgan fingerprint density at radius 2 is 2.20 bits per heavy atom. The Labute approximate surface area is 63.5 Å². The average molecular weight is 142 g/mol. The third-order valence-corrected chi connectivity index (χ3v) is 1.65. The van der Waals surface area contributed by atoms with Gasteiger partial charge in [-0.3, -0.25) is 0 Å². The topological polar surface area (TPSA) is 38.4 Å². The van der Waals surface area contributed by atoms with E-state index in [1.54, 1.807) is 0 Å². The molecule has 0 amide bonds. The van der Waals surface area contributed by atoms with Crippen LogP contribution in [0.15, 0.2) is 5.10 Å². The molecule has 0 saturated carbocycles. The minimum atomic E-state index is 0.734. The predicted molar refractivity (Wildman–Crippen MR) is 46.0 cm³/mol. The summed E-state index contributed by atoms with van der Waals surface area (Å²) in [4.78, 5) is 0. The van der Waals surface area contributed by atoms with Gasteiger partial charge in [-0.2, -0.15) is 5.10 Å². The van der Waals surface area contributed by atoms with Crippen LogP contribution in [-0.2, 0) is 0 Å². The van der Waals surface area contributed by atoms with E-state index in [0.29, 0.717) is 0 Å². The summed E-state index contributed by atoms with van der Waals surface area (Å²) in [5.41, 5.74) is 1.06. The number of hydrogen-bond donors (Lipinski definition) is 1. The highest BCUT2D eigenvalue weighted by molar-refractivity contribution is 5.81. The lowest BCUT2D eigenvalue weighted by Gasteiger charge is -2.07. The van der Waals surface area contributed by atoms with Gasteiger partial charge < -0.3 is 5.84 Å². The second-order valence-electron chi connectivity index (χ2n) is 2.96. The van der Waals surface area contributed by atoms with Crippen LogP contribution in [0.25, 0.3) is 0 Å². The summed E-state index contributed by atoms with van der Waals surface area (Å²) in [5.74, 6) is 5.84. The second-order valence-corrected chi connectivity index (χ2v) is 2.96. The Morgan fingerprint density at radius 1 is 1.60 bits per heavy atom. The largest absolute Gasteiger partial charge is 0.323 e. The van der Waals surface area contributed by atoms with Crippen molar-refractivity contribution in [3.63, 3.8) is 0 Å². The van der Waals surface area contributed by atoms with Crippen LogP contribution in [0.1, 0.15) is 40.0 Å². The molecule has 0 aliphatic heterocycles. The van der Waals surface area contributed by atoms with Crippen LogP contribution in [0.5, 0.6) is 0 Å². The molecule has 1 atom stereocenters. The van der Waals surface area contributed by atoms with E-state index in [9.17, 15) is 0 Å². The first-order valence-corrected chi connectivity index (χ1v) is 3.94. The lowest BCUT2D eigenvalue weighted by Crippen LogP contribution is -2.03. The van der Waals surface area contributed by atoms with Gasteiger partial charge >= 0.3 is 0 Å². The van der Waals surface area contributed by atoms with Crippen LogP contribution in [0.4, 0.5) is 0 Å². The standard InChI is InChI=1S/C8H18N2/c1-4-5-7(2)6-8(3)10-9/h7H,4-6,9H2,1-3H3/b10-8+. The molecule has 2 nitrogen and oxygen atoms in total. The zero-order chi connectivity index (χ0) is 7.98. The van der Waals surface area contributed by atoms with E-state index in [1.165, 1.54) is 12.8 Å². The molecule has 0 fully saturated rings. The van der Waals surface area contributed by atoms with Crippen LogP contribution in [0, 0.1) is 5.92 Å². The van der Waals surface area contributed by atoms with Gasteiger partial charge in [0.25, 0.3) is 0 Å². The Balaban J connectivity index is 3.47. The minimum absolute atomic E-state index is 0.734. The van der Waals surface area contributed by atoms with Gasteiger partial charge in [0.05, 0.1) is 0 Å². The highest BCUT2D eigenvalue weighted by atomic mass is 15.1. The minimum Gasteiger partial charge on any atom is -0.323 e. The number of nitrogens with two attached hydrogens (primary N) is 1. The SMILES string of the molecule is CCCC(C)C/C(C)=N/N. The van der Waals surface area contributed by atoms with Crippen molar-refractivity contribution in [2.75, 3.05) is 0 Å². The first kappa shape index (κ1) is 9.47. The summed E-state index contributed by atoms with van der Waals surface area (Å²) in [6, 6.07) is 0. The third kappa shape index (κ3) is 4.36. The second kappa shape index (κ2) is 5.27. The van der Waals surface area contributed by atoms with Gasteiger partial charge in [-0.25, -0.2) is 0 Å². The number of nitrogens with zero attached hydrogens (tertiary/aromatic N) is 1. The molecular formula is C8H18N2. The highest BCUT2D eigenvalue weighted by Gasteiger charge is 2.01. The van der Waals surface area contributed by atoms with Crippen molar-refractivity contribution in [1.82, 2.24) is 0 Å². The summed E-state index contributed by atoms with van der Waals surface area (Å²) in [6.45, 7) is 6.41. The zero-order valence-electron chi connectivity index (χ0n) is 7.22. The Morgan fingerprint density at radius 3 is 2.60 bits per heavy atom. The predicted octanol–water partition coefficient (Wildman–Crippen LogP) is 2.15. The van der Waals surface area contributed by atoms with Gasteiger partial charge in [-0.05, 0) is 19.3 Å². The fraction of sp³-hybridized carbons (Fsp3) is 0.875.